The summed E-state index contributed by atoms with van der Waals surface area (Å²) in [6, 6.07) is 15.1. The van der Waals surface area contributed by atoms with Gasteiger partial charge < -0.3 is 9.64 Å². The van der Waals surface area contributed by atoms with Gasteiger partial charge in [0, 0.05) is 11.8 Å². The van der Waals surface area contributed by atoms with Gasteiger partial charge in [-0.3, -0.25) is 4.79 Å². The van der Waals surface area contributed by atoms with Gasteiger partial charge in [-0.15, -0.1) is 0 Å². The molecule has 0 spiro atoms. The average molecular weight is 323 g/mol. The van der Waals surface area contributed by atoms with Gasteiger partial charge in [-0.05, 0) is 36.1 Å². The lowest BCUT2D eigenvalue weighted by Gasteiger charge is -2.30. The van der Waals surface area contributed by atoms with Crippen LogP contribution in [-0.2, 0) is 9.53 Å². The van der Waals surface area contributed by atoms with Gasteiger partial charge in [0.05, 0.1) is 12.6 Å². The van der Waals surface area contributed by atoms with Crippen LogP contribution in [0.4, 0.5) is 0 Å². The van der Waals surface area contributed by atoms with Crippen molar-refractivity contribution in [1.29, 1.82) is 0 Å². The van der Waals surface area contributed by atoms with E-state index in [2.05, 4.69) is 56.3 Å². The highest BCUT2D eigenvalue weighted by atomic mass is 16.5. The Kier molecular flexibility index (Phi) is 3.47. The highest BCUT2D eigenvalue weighted by Crippen LogP contribution is 2.50. The van der Waals surface area contributed by atoms with E-state index in [9.17, 15) is 4.79 Å². The molecule has 2 saturated heterocycles. The van der Waals surface area contributed by atoms with Crippen molar-refractivity contribution in [2.75, 3.05) is 6.61 Å². The Morgan fingerprint density at radius 3 is 2.58 bits per heavy atom. The topological polar surface area (TPSA) is 29.5 Å². The van der Waals surface area contributed by atoms with Crippen molar-refractivity contribution in [2.45, 2.75) is 45.4 Å². The lowest BCUT2D eigenvalue weighted by molar-refractivity contribution is -0.146. The largest absolute Gasteiger partial charge is 0.354 e. The number of nitrogens with zero attached hydrogens (tertiary/aromatic N) is 1. The number of carbonyl (C=O) groups is 1. The van der Waals surface area contributed by atoms with Crippen molar-refractivity contribution in [3.05, 3.63) is 48.0 Å². The first-order chi connectivity index (χ1) is 11.4. The Hall–Kier alpha value is -1.87. The first kappa shape index (κ1) is 15.6. The molecule has 0 aromatic heterocycles. The molecule has 3 heteroatoms. The molecule has 1 unspecified atom stereocenters. The van der Waals surface area contributed by atoms with Crippen molar-refractivity contribution >= 4 is 16.7 Å². The zero-order valence-corrected chi connectivity index (χ0v) is 14.8. The quantitative estimate of drug-likeness (QED) is 0.830. The second-order valence-corrected chi connectivity index (χ2v) is 7.90. The zero-order valence-electron chi connectivity index (χ0n) is 14.8. The van der Waals surface area contributed by atoms with Gasteiger partial charge in [0.1, 0.15) is 5.72 Å². The van der Waals surface area contributed by atoms with Crippen LogP contribution < -0.4 is 0 Å². The fourth-order valence-electron chi connectivity index (χ4n) is 4.72. The summed E-state index contributed by atoms with van der Waals surface area (Å²) < 4.78 is 5.97. The Labute approximate surface area is 143 Å². The molecule has 3 atom stereocenters. The number of fused-ring (bicyclic) bond motifs is 2. The van der Waals surface area contributed by atoms with Crippen molar-refractivity contribution in [3.8, 4) is 0 Å². The lowest BCUT2D eigenvalue weighted by atomic mass is 9.77. The fraction of sp³-hybridized carbons (Fsp3) is 0.476. The summed E-state index contributed by atoms with van der Waals surface area (Å²) in [6.45, 7) is 8.96. The molecule has 1 amide bonds. The molecule has 2 heterocycles. The van der Waals surface area contributed by atoms with E-state index < -0.39 is 5.72 Å². The molecule has 3 nitrogen and oxygen atoms in total. The molecular weight excluding hydrogens is 298 g/mol. The minimum Gasteiger partial charge on any atom is -0.354 e. The molecule has 126 valence electrons. The molecule has 2 aromatic carbocycles. The molecule has 0 N–H and O–H groups in total. The van der Waals surface area contributed by atoms with Crippen LogP contribution in [-0.4, -0.2) is 29.2 Å². The molecule has 0 radical (unpaired) electrons. The third kappa shape index (κ3) is 2.11. The van der Waals surface area contributed by atoms with Gasteiger partial charge >= 0.3 is 0 Å². The molecule has 24 heavy (non-hydrogen) atoms. The average Bonchev–Trinajstić information content (AvgIpc) is 3.02. The van der Waals surface area contributed by atoms with Gasteiger partial charge in [-0.25, -0.2) is 0 Å². The Balaban J connectivity index is 1.90. The summed E-state index contributed by atoms with van der Waals surface area (Å²) in [6.07, 6.45) is 0. The number of carbonyl (C=O) groups excluding carboxylic acids is 1. The summed E-state index contributed by atoms with van der Waals surface area (Å²) in [5.41, 5.74) is 0.780. The monoisotopic (exact) mass is 323 g/mol. The molecule has 2 aliphatic heterocycles. The van der Waals surface area contributed by atoms with E-state index in [1.54, 1.807) is 0 Å². The Bertz CT molecular complexity index is 790. The smallest absolute Gasteiger partial charge is 0.229 e. The van der Waals surface area contributed by atoms with Crippen molar-refractivity contribution < 1.29 is 9.53 Å². The minimum atomic E-state index is -0.506. The van der Waals surface area contributed by atoms with Crippen LogP contribution in [0.15, 0.2) is 42.5 Å². The van der Waals surface area contributed by atoms with E-state index in [1.165, 1.54) is 16.3 Å². The van der Waals surface area contributed by atoms with Gasteiger partial charge in [0.25, 0.3) is 0 Å². The summed E-state index contributed by atoms with van der Waals surface area (Å²) >= 11 is 0. The molecule has 4 rings (SSSR count). The molecule has 2 fully saturated rings. The number of rotatable bonds is 2. The third-order valence-electron chi connectivity index (χ3n) is 5.74. The van der Waals surface area contributed by atoms with E-state index >= 15 is 0 Å². The second-order valence-electron chi connectivity index (χ2n) is 7.90. The van der Waals surface area contributed by atoms with Crippen molar-refractivity contribution in [2.24, 2.45) is 11.8 Å². The number of amides is 1. The predicted molar refractivity (Wildman–Crippen MR) is 95.7 cm³/mol. The van der Waals surface area contributed by atoms with Gasteiger partial charge in [0.15, 0.2) is 0 Å². The van der Waals surface area contributed by atoms with Crippen LogP contribution in [0.3, 0.4) is 0 Å². The maximum Gasteiger partial charge on any atom is 0.229 e. The zero-order chi connectivity index (χ0) is 17.1. The molecular formula is C21H25NO2. The maximum absolute atomic E-state index is 13.2. The maximum atomic E-state index is 13.2. The van der Waals surface area contributed by atoms with E-state index in [0.717, 1.165) is 0 Å². The first-order valence-electron chi connectivity index (χ1n) is 8.86. The Morgan fingerprint density at radius 2 is 1.83 bits per heavy atom. The molecule has 0 bridgehead atoms. The van der Waals surface area contributed by atoms with Crippen LogP contribution in [0.1, 0.15) is 39.2 Å². The highest BCUT2D eigenvalue weighted by molar-refractivity contribution is 5.90. The molecule has 2 aliphatic rings. The molecule has 2 aromatic rings. The van der Waals surface area contributed by atoms with Gasteiger partial charge in [-0.1, -0.05) is 56.3 Å². The molecule has 0 saturated carbocycles. The first-order valence-corrected chi connectivity index (χ1v) is 8.86. The van der Waals surface area contributed by atoms with Gasteiger partial charge in [0.2, 0.25) is 5.91 Å². The standard InChI is InChI=1S/C21H25NO2/c1-13(2)18-19(17-12-24-21(3,4)22(17)20(18)23)16-11-7-9-14-8-5-6-10-15(14)16/h5-11,13,17-19H,12H2,1-4H3/t17?,18-,19-/m1/s1. The Morgan fingerprint density at radius 1 is 1.12 bits per heavy atom. The number of hydrogen-bond donors (Lipinski definition) is 0. The molecule has 0 aliphatic carbocycles. The van der Waals surface area contributed by atoms with Crippen LogP contribution in [0.5, 0.6) is 0 Å². The number of ether oxygens (including phenoxy) is 1. The van der Waals surface area contributed by atoms with Crippen LogP contribution >= 0.6 is 0 Å². The summed E-state index contributed by atoms with van der Waals surface area (Å²) in [4.78, 5) is 15.2. The van der Waals surface area contributed by atoms with Crippen LogP contribution in [0.2, 0.25) is 0 Å². The fourth-order valence-corrected chi connectivity index (χ4v) is 4.72. The van der Waals surface area contributed by atoms with E-state index in [-0.39, 0.29) is 23.8 Å². The minimum absolute atomic E-state index is 0.0176. The van der Waals surface area contributed by atoms with E-state index in [0.29, 0.717) is 12.5 Å². The number of benzene rings is 2. The highest BCUT2D eigenvalue weighted by Gasteiger charge is 2.58. The van der Waals surface area contributed by atoms with Crippen LogP contribution in [0.25, 0.3) is 10.8 Å². The summed E-state index contributed by atoms with van der Waals surface area (Å²) in [7, 11) is 0. The summed E-state index contributed by atoms with van der Waals surface area (Å²) in [5, 5.41) is 2.50. The van der Waals surface area contributed by atoms with E-state index in [4.69, 9.17) is 4.74 Å². The second kappa shape index (κ2) is 5.32. The predicted octanol–water partition coefficient (Wildman–Crippen LogP) is 4.17. The lowest BCUT2D eigenvalue weighted by Crippen LogP contribution is -2.44. The van der Waals surface area contributed by atoms with Crippen molar-refractivity contribution in [1.82, 2.24) is 4.90 Å². The summed E-state index contributed by atoms with van der Waals surface area (Å²) in [5.74, 6) is 0.757. The number of hydrogen-bond acceptors (Lipinski definition) is 2. The van der Waals surface area contributed by atoms with Gasteiger partial charge in [-0.2, -0.15) is 0 Å². The SMILES string of the molecule is CC(C)[C@H]1C(=O)N2C(COC2(C)C)[C@H]1c1cccc2ccccc12. The van der Waals surface area contributed by atoms with Crippen LogP contribution in [0, 0.1) is 11.8 Å². The third-order valence-corrected chi connectivity index (χ3v) is 5.74. The van der Waals surface area contributed by atoms with Crippen molar-refractivity contribution in [3.63, 3.8) is 0 Å². The normalized spacial score (nSPS) is 28.8. The van der Waals surface area contributed by atoms with E-state index in [1.807, 2.05) is 18.7 Å².